The fraction of sp³-hybridized carbons (Fsp3) is 0.650. The van der Waals surface area contributed by atoms with Gasteiger partial charge in [0.1, 0.15) is 18.2 Å². The van der Waals surface area contributed by atoms with Crippen molar-refractivity contribution in [2.75, 3.05) is 38.1 Å². The molecule has 10 nitrogen and oxygen atoms in total. The van der Waals surface area contributed by atoms with Crippen molar-refractivity contribution in [2.24, 2.45) is 12.0 Å². The molecule has 1 amide bonds. The van der Waals surface area contributed by atoms with E-state index in [1.807, 2.05) is 18.1 Å². The minimum Gasteiger partial charge on any atom is -0.356 e. The van der Waals surface area contributed by atoms with Crippen LogP contribution in [-0.2, 0) is 31.2 Å². The molecule has 2 aliphatic heterocycles. The van der Waals surface area contributed by atoms with Gasteiger partial charge in [-0.1, -0.05) is 6.42 Å². The van der Waals surface area contributed by atoms with Gasteiger partial charge in [0.25, 0.3) is 0 Å². The molecule has 0 atom stereocenters. The molecule has 1 fully saturated rings. The summed E-state index contributed by atoms with van der Waals surface area (Å²) in [6.45, 7) is 3.49. The van der Waals surface area contributed by atoms with Crippen molar-refractivity contribution < 1.29 is 4.79 Å². The standard InChI is InChI=1S/C20H31N9O/c1-21-20(27-11-12-28(19(30)15-27)16-13-23-26(2)14-16)22-9-6-8-18-25-24-17-7-4-3-5-10-29(17)18/h13-14H,3-12,15H2,1-2H3,(H,21,22). The van der Waals surface area contributed by atoms with Gasteiger partial charge < -0.3 is 19.7 Å². The van der Waals surface area contributed by atoms with Crippen molar-refractivity contribution in [1.82, 2.24) is 34.8 Å². The number of nitrogens with zero attached hydrogens (tertiary/aromatic N) is 8. The summed E-state index contributed by atoms with van der Waals surface area (Å²) in [6, 6.07) is 0. The number of carbonyl (C=O) groups excluding carboxylic acids is 1. The van der Waals surface area contributed by atoms with Crippen LogP contribution in [0.2, 0.25) is 0 Å². The number of carbonyl (C=O) groups is 1. The first-order valence-corrected chi connectivity index (χ1v) is 10.8. The van der Waals surface area contributed by atoms with E-state index in [9.17, 15) is 4.79 Å². The molecule has 4 rings (SSSR count). The molecule has 2 aromatic heterocycles. The maximum Gasteiger partial charge on any atom is 0.246 e. The number of amides is 1. The second-order valence-electron chi connectivity index (χ2n) is 7.91. The highest BCUT2D eigenvalue weighted by molar-refractivity contribution is 5.98. The van der Waals surface area contributed by atoms with Crippen LogP contribution >= 0.6 is 0 Å². The number of hydrogen-bond donors (Lipinski definition) is 1. The van der Waals surface area contributed by atoms with Crippen molar-refractivity contribution in [3.8, 4) is 0 Å². The van der Waals surface area contributed by atoms with Gasteiger partial charge in [0.15, 0.2) is 5.96 Å². The van der Waals surface area contributed by atoms with Gasteiger partial charge in [0.2, 0.25) is 5.91 Å². The summed E-state index contributed by atoms with van der Waals surface area (Å²) in [5.41, 5.74) is 0.845. The Hall–Kier alpha value is -2.91. The highest BCUT2D eigenvalue weighted by atomic mass is 16.2. The van der Waals surface area contributed by atoms with E-state index in [2.05, 4.69) is 30.2 Å². The smallest absolute Gasteiger partial charge is 0.246 e. The summed E-state index contributed by atoms with van der Waals surface area (Å²) < 4.78 is 4.02. The van der Waals surface area contributed by atoms with Gasteiger partial charge in [-0.3, -0.25) is 14.5 Å². The molecule has 2 aromatic rings. The van der Waals surface area contributed by atoms with Crippen LogP contribution in [0.25, 0.3) is 0 Å². The van der Waals surface area contributed by atoms with Gasteiger partial charge in [-0.05, 0) is 19.3 Å². The third-order valence-electron chi connectivity index (χ3n) is 5.78. The fourth-order valence-corrected chi connectivity index (χ4v) is 4.18. The number of rotatable bonds is 5. The number of piperazine rings is 1. The molecule has 162 valence electrons. The van der Waals surface area contributed by atoms with Crippen LogP contribution in [0, 0.1) is 0 Å². The lowest BCUT2D eigenvalue weighted by atomic mass is 10.2. The maximum atomic E-state index is 12.6. The molecule has 0 bridgehead atoms. The van der Waals surface area contributed by atoms with Gasteiger partial charge in [-0.25, -0.2) is 0 Å². The van der Waals surface area contributed by atoms with Crippen LogP contribution in [0.5, 0.6) is 0 Å². The molecule has 0 unspecified atom stereocenters. The Kier molecular flexibility index (Phi) is 6.29. The van der Waals surface area contributed by atoms with Gasteiger partial charge in [0.05, 0.1) is 11.9 Å². The Labute approximate surface area is 177 Å². The number of aliphatic imine (C=N–C) groups is 1. The maximum absolute atomic E-state index is 12.6. The molecule has 0 saturated carbocycles. The molecular weight excluding hydrogens is 382 g/mol. The van der Waals surface area contributed by atoms with E-state index in [1.54, 1.807) is 22.8 Å². The average Bonchev–Trinajstić information content (AvgIpc) is 3.26. The molecule has 0 spiro atoms. The topological polar surface area (TPSA) is 96.5 Å². The Balaban J connectivity index is 1.26. The summed E-state index contributed by atoms with van der Waals surface area (Å²) in [5, 5.41) is 16.3. The summed E-state index contributed by atoms with van der Waals surface area (Å²) in [5.74, 6) is 3.05. The minimum absolute atomic E-state index is 0.0587. The fourth-order valence-electron chi connectivity index (χ4n) is 4.18. The minimum atomic E-state index is 0.0587. The van der Waals surface area contributed by atoms with Gasteiger partial charge in [-0.15, -0.1) is 10.2 Å². The molecule has 0 radical (unpaired) electrons. The lowest BCUT2D eigenvalue weighted by Gasteiger charge is -2.35. The summed E-state index contributed by atoms with van der Waals surface area (Å²) >= 11 is 0. The molecule has 0 aliphatic carbocycles. The van der Waals surface area contributed by atoms with E-state index >= 15 is 0 Å². The second kappa shape index (κ2) is 9.27. The lowest BCUT2D eigenvalue weighted by Crippen LogP contribution is -2.55. The quantitative estimate of drug-likeness (QED) is 0.438. The van der Waals surface area contributed by atoms with E-state index in [-0.39, 0.29) is 5.91 Å². The van der Waals surface area contributed by atoms with E-state index in [0.29, 0.717) is 13.1 Å². The summed E-state index contributed by atoms with van der Waals surface area (Å²) in [6.07, 6.45) is 10.2. The Morgan fingerprint density at radius 3 is 2.87 bits per heavy atom. The number of aryl methyl sites for hydroxylation is 3. The predicted octanol–water partition coefficient (Wildman–Crippen LogP) is 0.595. The number of hydrogen-bond acceptors (Lipinski definition) is 5. The molecule has 4 heterocycles. The van der Waals surface area contributed by atoms with E-state index < -0.39 is 0 Å². The van der Waals surface area contributed by atoms with Crippen LogP contribution in [0.4, 0.5) is 5.69 Å². The first-order chi connectivity index (χ1) is 14.7. The number of fused-ring (bicyclic) bond motifs is 1. The molecule has 0 aromatic carbocycles. The lowest BCUT2D eigenvalue weighted by molar-refractivity contribution is -0.120. The highest BCUT2D eigenvalue weighted by Crippen LogP contribution is 2.17. The molecule has 10 heteroatoms. The predicted molar refractivity (Wildman–Crippen MR) is 114 cm³/mol. The van der Waals surface area contributed by atoms with E-state index in [0.717, 1.165) is 62.2 Å². The second-order valence-corrected chi connectivity index (χ2v) is 7.91. The largest absolute Gasteiger partial charge is 0.356 e. The normalized spacial score (nSPS) is 17.8. The molecule has 1 N–H and O–H groups in total. The Morgan fingerprint density at radius 2 is 2.10 bits per heavy atom. The van der Waals surface area contributed by atoms with Crippen molar-refractivity contribution in [3.63, 3.8) is 0 Å². The van der Waals surface area contributed by atoms with Crippen LogP contribution in [0.15, 0.2) is 17.4 Å². The third kappa shape index (κ3) is 4.47. The van der Waals surface area contributed by atoms with Gasteiger partial charge in [-0.2, -0.15) is 5.10 Å². The summed E-state index contributed by atoms with van der Waals surface area (Å²) in [4.78, 5) is 20.8. The monoisotopic (exact) mass is 413 g/mol. The zero-order chi connectivity index (χ0) is 20.9. The third-order valence-corrected chi connectivity index (χ3v) is 5.78. The molecule has 1 saturated heterocycles. The van der Waals surface area contributed by atoms with Gasteiger partial charge in [0, 0.05) is 59.3 Å². The van der Waals surface area contributed by atoms with E-state index in [1.165, 1.54) is 19.3 Å². The van der Waals surface area contributed by atoms with Crippen molar-refractivity contribution >= 4 is 17.6 Å². The van der Waals surface area contributed by atoms with E-state index in [4.69, 9.17) is 0 Å². The van der Waals surface area contributed by atoms with Crippen LogP contribution in [0.1, 0.15) is 37.3 Å². The first kappa shape index (κ1) is 20.4. The average molecular weight is 414 g/mol. The zero-order valence-electron chi connectivity index (χ0n) is 17.9. The van der Waals surface area contributed by atoms with Crippen LogP contribution in [0.3, 0.4) is 0 Å². The number of aromatic nitrogens is 5. The first-order valence-electron chi connectivity index (χ1n) is 10.8. The SMILES string of the molecule is CN=C(NCCCc1nnc2n1CCCCC2)N1CCN(c2cnn(C)c2)C(=O)C1. The Morgan fingerprint density at radius 1 is 1.20 bits per heavy atom. The van der Waals surface area contributed by atoms with Crippen molar-refractivity contribution in [3.05, 3.63) is 24.0 Å². The van der Waals surface area contributed by atoms with Crippen LogP contribution < -0.4 is 10.2 Å². The highest BCUT2D eigenvalue weighted by Gasteiger charge is 2.27. The molecule has 2 aliphatic rings. The van der Waals surface area contributed by atoms with Gasteiger partial charge >= 0.3 is 0 Å². The Bertz CT molecular complexity index is 900. The number of anilines is 1. The van der Waals surface area contributed by atoms with Crippen LogP contribution in [-0.4, -0.2) is 74.5 Å². The number of nitrogens with one attached hydrogen (secondary N) is 1. The summed E-state index contributed by atoms with van der Waals surface area (Å²) in [7, 11) is 3.62. The van der Waals surface area contributed by atoms with Crippen molar-refractivity contribution in [2.45, 2.75) is 45.1 Å². The van der Waals surface area contributed by atoms with Crippen molar-refractivity contribution in [1.29, 1.82) is 0 Å². The molecule has 30 heavy (non-hydrogen) atoms. The zero-order valence-corrected chi connectivity index (χ0v) is 17.9. The molecular formula is C20H31N9O. The number of guanidine groups is 1.